The number of hydrogen-bond donors (Lipinski definition) is 1. The minimum absolute atomic E-state index is 0.155. The summed E-state index contributed by atoms with van der Waals surface area (Å²) in [6.45, 7) is 0.615. The van der Waals surface area contributed by atoms with Crippen LogP contribution < -0.4 is 0 Å². The highest BCUT2D eigenvalue weighted by molar-refractivity contribution is 6.11. The van der Waals surface area contributed by atoms with E-state index < -0.39 is 0 Å². The minimum Gasteiger partial charge on any atom is -0.508 e. The van der Waals surface area contributed by atoms with Crippen LogP contribution in [-0.2, 0) is 16.1 Å². The third-order valence-corrected chi connectivity index (χ3v) is 5.11. The van der Waals surface area contributed by atoms with Gasteiger partial charge in [0.1, 0.15) is 11.4 Å². The third-order valence-electron chi connectivity index (χ3n) is 5.11. The van der Waals surface area contributed by atoms with E-state index in [1.54, 1.807) is 29.0 Å². The Bertz CT molecular complexity index is 1340. The van der Waals surface area contributed by atoms with Crippen molar-refractivity contribution in [3.05, 3.63) is 114 Å². The van der Waals surface area contributed by atoms with Gasteiger partial charge in [0.2, 0.25) is 0 Å². The number of allylic oxidation sites excluding steroid dienone is 2. The fourth-order valence-electron chi connectivity index (χ4n) is 3.39. The van der Waals surface area contributed by atoms with Gasteiger partial charge in [-0.3, -0.25) is 9.59 Å². The molecule has 34 heavy (non-hydrogen) atoms. The predicted octanol–water partition coefficient (Wildman–Crippen LogP) is 4.95. The lowest BCUT2D eigenvalue weighted by Crippen LogP contribution is -2.02. The Morgan fingerprint density at radius 3 is 2.26 bits per heavy atom. The second-order valence-electron chi connectivity index (χ2n) is 7.74. The lowest BCUT2D eigenvalue weighted by Gasteiger charge is -2.02. The van der Waals surface area contributed by atoms with Crippen LogP contribution in [0.2, 0.25) is 0 Å². The summed E-state index contributed by atoms with van der Waals surface area (Å²) in [6.07, 6.45) is 7.76. The van der Waals surface area contributed by atoms with Gasteiger partial charge in [0, 0.05) is 5.56 Å². The molecule has 0 amide bonds. The summed E-state index contributed by atoms with van der Waals surface area (Å²) in [5.74, 6) is -0.425. The highest BCUT2D eigenvalue weighted by Crippen LogP contribution is 2.23. The molecule has 0 bridgehead atoms. The number of phenols is 1. The molecule has 0 fully saturated rings. The summed E-state index contributed by atoms with van der Waals surface area (Å²) in [6, 6.07) is 24.1. The molecular weight excluding hydrogens is 426 g/mol. The first kappa shape index (κ1) is 22.6. The topological polar surface area (TPSA) is 85.1 Å². The number of carbonyl (C=O) groups excluding carboxylic acids is 2. The molecule has 0 spiro atoms. The maximum absolute atomic E-state index is 12.3. The molecule has 168 valence electrons. The number of nitrogens with zero attached hydrogens (tertiary/aromatic N) is 3. The highest BCUT2D eigenvalue weighted by Gasteiger charge is 2.09. The fraction of sp³-hybridized carbons (Fsp3) is 0.0714. The monoisotopic (exact) mass is 449 g/mol. The summed E-state index contributed by atoms with van der Waals surface area (Å²) in [5.41, 5.74) is 4.26. The Hall–Kier alpha value is -4.58. The number of ketones is 2. The molecule has 3 aromatic carbocycles. The van der Waals surface area contributed by atoms with Crippen LogP contribution in [0.1, 0.15) is 23.1 Å². The number of rotatable bonds is 9. The van der Waals surface area contributed by atoms with Crippen LogP contribution in [0.25, 0.3) is 23.4 Å². The molecule has 1 aromatic heterocycles. The van der Waals surface area contributed by atoms with Crippen LogP contribution in [-0.4, -0.2) is 31.7 Å². The SMILES string of the molecule is O=C(/C=C/c1ccc(O)cc1)CC(=O)/C=C/c1ccccc1-c1cn(Cc2ccccc2)nn1. The fourth-order valence-corrected chi connectivity index (χ4v) is 3.39. The quantitative estimate of drug-likeness (QED) is 0.289. The van der Waals surface area contributed by atoms with Gasteiger partial charge in [0.05, 0.1) is 19.2 Å². The number of carbonyl (C=O) groups is 2. The number of benzene rings is 3. The van der Waals surface area contributed by atoms with E-state index in [-0.39, 0.29) is 23.7 Å². The van der Waals surface area contributed by atoms with Crippen molar-refractivity contribution in [2.45, 2.75) is 13.0 Å². The van der Waals surface area contributed by atoms with E-state index in [1.165, 1.54) is 24.3 Å². The first-order valence-corrected chi connectivity index (χ1v) is 10.8. The Kier molecular flexibility index (Phi) is 7.20. The van der Waals surface area contributed by atoms with Gasteiger partial charge in [-0.25, -0.2) is 4.68 Å². The van der Waals surface area contributed by atoms with E-state index in [2.05, 4.69) is 10.3 Å². The minimum atomic E-state index is -0.292. The molecule has 4 rings (SSSR count). The molecular formula is C28H23N3O3. The third kappa shape index (κ3) is 6.23. The van der Waals surface area contributed by atoms with Crippen molar-refractivity contribution < 1.29 is 14.7 Å². The number of aromatic nitrogens is 3. The van der Waals surface area contributed by atoms with E-state index in [1.807, 2.05) is 60.8 Å². The average molecular weight is 450 g/mol. The van der Waals surface area contributed by atoms with Crippen molar-refractivity contribution in [2.24, 2.45) is 0 Å². The van der Waals surface area contributed by atoms with Crippen molar-refractivity contribution in [3.63, 3.8) is 0 Å². The highest BCUT2D eigenvalue weighted by atomic mass is 16.3. The first-order valence-electron chi connectivity index (χ1n) is 10.8. The van der Waals surface area contributed by atoms with Gasteiger partial charge in [0.15, 0.2) is 11.6 Å². The van der Waals surface area contributed by atoms with Crippen LogP contribution in [0.5, 0.6) is 5.75 Å². The second-order valence-corrected chi connectivity index (χ2v) is 7.74. The molecule has 1 heterocycles. The molecule has 6 nitrogen and oxygen atoms in total. The largest absolute Gasteiger partial charge is 0.508 e. The summed E-state index contributed by atoms with van der Waals surface area (Å²) < 4.78 is 1.77. The zero-order valence-corrected chi connectivity index (χ0v) is 18.4. The van der Waals surface area contributed by atoms with Crippen molar-refractivity contribution in [1.82, 2.24) is 15.0 Å². The smallest absolute Gasteiger partial charge is 0.163 e. The van der Waals surface area contributed by atoms with Gasteiger partial charge in [-0.05, 0) is 41.0 Å². The number of phenolic OH excluding ortho intramolecular Hbond substituents is 1. The zero-order valence-electron chi connectivity index (χ0n) is 18.4. The van der Waals surface area contributed by atoms with Crippen LogP contribution >= 0.6 is 0 Å². The Morgan fingerprint density at radius 2 is 1.50 bits per heavy atom. The first-order chi connectivity index (χ1) is 16.6. The van der Waals surface area contributed by atoms with E-state index in [0.717, 1.165) is 22.3 Å². The summed E-state index contributed by atoms with van der Waals surface area (Å²) in [4.78, 5) is 24.5. The van der Waals surface area contributed by atoms with Crippen molar-refractivity contribution in [1.29, 1.82) is 0 Å². The van der Waals surface area contributed by atoms with Crippen LogP contribution in [0, 0.1) is 0 Å². The van der Waals surface area contributed by atoms with E-state index in [9.17, 15) is 14.7 Å². The Balaban J connectivity index is 1.40. The van der Waals surface area contributed by atoms with Gasteiger partial charge < -0.3 is 5.11 Å². The van der Waals surface area contributed by atoms with E-state index in [4.69, 9.17) is 0 Å². The predicted molar refractivity (Wildman–Crippen MR) is 132 cm³/mol. The standard InChI is InChI=1S/C28H23N3O3/c32-24-14-10-21(11-15-24)12-16-25(33)18-26(34)17-13-23-8-4-5-9-27(23)28-20-31(30-29-28)19-22-6-2-1-3-7-22/h1-17,20,32H,18-19H2/b16-12+,17-13+. The second kappa shape index (κ2) is 10.8. The van der Waals surface area contributed by atoms with Crippen LogP contribution in [0.15, 0.2) is 97.2 Å². The Morgan fingerprint density at radius 1 is 0.824 bits per heavy atom. The van der Waals surface area contributed by atoms with Crippen LogP contribution in [0.3, 0.4) is 0 Å². The maximum atomic E-state index is 12.3. The van der Waals surface area contributed by atoms with Crippen molar-refractivity contribution >= 4 is 23.7 Å². The lowest BCUT2D eigenvalue weighted by molar-refractivity contribution is -0.121. The molecule has 0 aliphatic rings. The van der Waals surface area contributed by atoms with Gasteiger partial charge in [-0.1, -0.05) is 84.1 Å². The molecule has 0 radical (unpaired) electrons. The molecule has 0 saturated carbocycles. The molecule has 4 aromatic rings. The maximum Gasteiger partial charge on any atom is 0.163 e. The summed E-state index contributed by atoms with van der Waals surface area (Å²) in [5, 5.41) is 17.8. The zero-order chi connectivity index (χ0) is 23.8. The molecule has 0 unspecified atom stereocenters. The average Bonchev–Trinajstić information content (AvgIpc) is 3.31. The molecule has 0 aliphatic carbocycles. The number of hydrogen-bond acceptors (Lipinski definition) is 5. The normalized spacial score (nSPS) is 11.3. The summed E-state index contributed by atoms with van der Waals surface area (Å²) in [7, 11) is 0. The molecule has 1 N–H and O–H groups in total. The summed E-state index contributed by atoms with van der Waals surface area (Å²) >= 11 is 0. The molecule has 0 atom stereocenters. The Labute approximate surface area is 197 Å². The van der Waals surface area contributed by atoms with E-state index >= 15 is 0 Å². The van der Waals surface area contributed by atoms with Gasteiger partial charge in [-0.15, -0.1) is 5.10 Å². The lowest BCUT2D eigenvalue weighted by atomic mass is 10.0. The van der Waals surface area contributed by atoms with E-state index in [0.29, 0.717) is 12.2 Å². The van der Waals surface area contributed by atoms with Crippen LogP contribution in [0.4, 0.5) is 0 Å². The van der Waals surface area contributed by atoms with Gasteiger partial charge >= 0.3 is 0 Å². The molecule has 6 heteroatoms. The van der Waals surface area contributed by atoms with Crippen molar-refractivity contribution in [2.75, 3.05) is 0 Å². The van der Waals surface area contributed by atoms with Gasteiger partial charge in [0.25, 0.3) is 0 Å². The molecule has 0 aliphatic heterocycles. The number of aromatic hydroxyl groups is 1. The van der Waals surface area contributed by atoms with Crippen molar-refractivity contribution in [3.8, 4) is 17.0 Å². The molecule has 0 saturated heterocycles. The van der Waals surface area contributed by atoms with Gasteiger partial charge in [-0.2, -0.15) is 0 Å².